The number of carbonyl (C=O) groups excluding carboxylic acids is 2. The van der Waals surface area contributed by atoms with Gasteiger partial charge in [-0.05, 0) is 41.8 Å². The van der Waals surface area contributed by atoms with Crippen LogP contribution in [0.3, 0.4) is 0 Å². The average molecular weight is 374 g/mol. The van der Waals surface area contributed by atoms with Crippen LogP contribution in [0.4, 0.5) is 0 Å². The second kappa shape index (κ2) is 7.52. The Morgan fingerprint density at radius 1 is 1.07 bits per heavy atom. The molecule has 3 aromatic rings. The topological polar surface area (TPSA) is 83.6 Å². The molecule has 0 bridgehead atoms. The van der Waals surface area contributed by atoms with E-state index in [4.69, 9.17) is 4.42 Å². The van der Waals surface area contributed by atoms with Crippen molar-refractivity contribution in [1.82, 2.24) is 9.88 Å². The monoisotopic (exact) mass is 374 g/mol. The molecule has 6 nitrogen and oxygen atoms in total. The van der Waals surface area contributed by atoms with Gasteiger partial charge in [0.15, 0.2) is 11.5 Å². The minimum Gasteiger partial charge on any atom is -0.503 e. The number of Topliss-reactive ketones (excluding diaryl/α,β-unsaturated/α-hetero) is 1. The number of hydrogen-bond acceptors (Lipinski definition) is 5. The Kier molecular flexibility index (Phi) is 4.76. The summed E-state index contributed by atoms with van der Waals surface area (Å²) in [6.07, 6.45) is 5.18. The number of nitrogens with zero attached hydrogens (tertiary/aromatic N) is 2. The molecule has 1 amide bonds. The molecule has 4 rings (SSSR count). The van der Waals surface area contributed by atoms with E-state index in [9.17, 15) is 14.7 Å². The second-order valence-electron chi connectivity index (χ2n) is 6.49. The van der Waals surface area contributed by atoms with Crippen molar-refractivity contribution in [2.75, 3.05) is 6.54 Å². The molecule has 0 aliphatic carbocycles. The molecule has 1 N–H and O–H groups in total. The Morgan fingerprint density at radius 3 is 2.50 bits per heavy atom. The van der Waals surface area contributed by atoms with E-state index in [2.05, 4.69) is 4.98 Å². The SMILES string of the molecule is O=C(C1=C(O)C(=O)N(CCc2ccccc2)C1c1ccncc1)c1ccco1. The van der Waals surface area contributed by atoms with Crippen LogP contribution in [0.2, 0.25) is 0 Å². The van der Waals surface area contributed by atoms with Gasteiger partial charge in [0.05, 0.1) is 17.9 Å². The van der Waals surface area contributed by atoms with Crippen LogP contribution in [0.5, 0.6) is 0 Å². The quantitative estimate of drug-likeness (QED) is 0.668. The van der Waals surface area contributed by atoms with Gasteiger partial charge in [-0.2, -0.15) is 0 Å². The largest absolute Gasteiger partial charge is 0.503 e. The molecule has 1 aromatic carbocycles. The number of amides is 1. The molecular weight excluding hydrogens is 356 g/mol. The number of aliphatic hydroxyl groups excluding tert-OH is 1. The Morgan fingerprint density at radius 2 is 1.82 bits per heavy atom. The summed E-state index contributed by atoms with van der Waals surface area (Å²) in [5.41, 5.74) is 1.80. The van der Waals surface area contributed by atoms with Crippen molar-refractivity contribution in [3.8, 4) is 0 Å². The van der Waals surface area contributed by atoms with E-state index in [1.807, 2.05) is 30.3 Å². The van der Waals surface area contributed by atoms with Crippen molar-refractivity contribution < 1.29 is 19.1 Å². The van der Waals surface area contributed by atoms with E-state index in [1.54, 1.807) is 30.6 Å². The summed E-state index contributed by atoms with van der Waals surface area (Å²) in [7, 11) is 0. The van der Waals surface area contributed by atoms with Crippen molar-refractivity contribution in [3.63, 3.8) is 0 Å². The smallest absolute Gasteiger partial charge is 0.290 e. The van der Waals surface area contributed by atoms with Crippen LogP contribution >= 0.6 is 0 Å². The van der Waals surface area contributed by atoms with Gasteiger partial charge in [0.1, 0.15) is 0 Å². The number of carbonyl (C=O) groups is 2. The molecule has 2 aromatic heterocycles. The number of aromatic nitrogens is 1. The Labute approximate surface area is 161 Å². The molecule has 0 saturated carbocycles. The van der Waals surface area contributed by atoms with Crippen LogP contribution in [0, 0.1) is 0 Å². The highest BCUT2D eigenvalue weighted by atomic mass is 16.3. The minimum atomic E-state index is -0.697. The van der Waals surface area contributed by atoms with Crippen LogP contribution in [-0.4, -0.2) is 33.2 Å². The van der Waals surface area contributed by atoms with E-state index in [1.165, 1.54) is 17.2 Å². The zero-order valence-electron chi connectivity index (χ0n) is 15.0. The van der Waals surface area contributed by atoms with Crippen LogP contribution in [0.15, 0.2) is 89.0 Å². The first-order chi connectivity index (χ1) is 13.7. The third kappa shape index (κ3) is 3.20. The van der Waals surface area contributed by atoms with Gasteiger partial charge >= 0.3 is 0 Å². The van der Waals surface area contributed by atoms with Crippen LogP contribution in [0.1, 0.15) is 27.7 Å². The molecule has 1 atom stereocenters. The fourth-order valence-electron chi connectivity index (χ4n) is 3.44. The first-order valence-electron chi connectivity index (χ1n) is 8.93. The lowest BCUT2D eigenvalue weighted by atomic mass is 9.95. The molecule has 0 spiro atoms. The van der Waals surface area contributed by atoms with Gasteiger partial charge in [-0.3, -0.25) is 14.6 Å². The summed E-state index contributed by atoms with van der Waals surface area (Å²) in [6.45, 7) is 0.356. The lowest BCUT2D eigenvalue weighted by molar-refractivity contribution is -0.129. The van der Waals surface area contributed by atoms with Crippen LogP contribution < -0.4 is 0 Å². The highest BCUT2D eigenvalue weighted by Gasteiger charge is 2.44. The molecule has 0 radical (unpaired) electrons. The zero-order chi connectivity index (χ0) is 19.5. The number of benzene rings is 1. The maximum Gasteiger partial charge on any atom is 0.290 e. The van der Waals surface area contributed by atoms with Crippen molar-refractivity contribution in [1.29, 1.82) is 0 Å². The minimum absolute atomic E-state index is 0.0270. The highest BCUT2D eigenvalue weighted by molar-refractivity contribution is 6.15. The van der Waals surface area contributed by atoms with Crippen molar-refractivity contribution in [2.24, 2.45) is 0 Å². The van der Waals surface area contributed by atoms with Gasteiger partial charge in [-0.15, -0.1) is 0 Å². The lowest BCUT2D eigenvalue weighted by Crippen LogP contribution is -2.33. The number of ketones is 1. The zero-order valence-corrected chi connectivity index (χ0v) is 15.0. The van der Waals surface area contributed by atoms with Gasteiger partial charge in [0.25, 0.3) is 5.91 Å². The fourth-order valence-corrected chi connectivity index (χ4v) is 3.44. The highest BCUT2D eigenvalue weighted by Crippen LogP contribution is 2.38. The normalized spacial score (nSPS) is 16.6. The number of aliphatic hydroxyl groups is 1. The molecule has 28 heavy (non-hydrogen) atoms. The molecule has 1 unspecified atom stereocenters. The van der Waals surface area contributed by atoms with E-state index < -0.39 is 23.5 Å². The van der Waals surface area contributed by atoms with Crippen molar-refractivity contribution >= 4 is 11.7 Å². The molecule has 1 aliphatic rings. The van der Waals surface area contributed by atoms with Gasteiger partial charge in [-0.1, -0.05) is 30.3 Å². The summed E-state index contributed by atoms with van der Waals surface area (Å²) in [5.74, 6) is -1.51. The van der Waals surface area contributed by atoms with Crippen molar-refractivity contribution in [3.05, 3.63) is 101 Å². The van der Waals surface area contributed by atoms with E-state index in [0.717, 1.165) is 5.56 Å². The molecular formula is C22H18N2O4. The van der Waals surface area contributed by atoms with Crippen molar-refractivity contribution in [2.45, 2.75) is 12.5 Å². The average Bonchev–Trinajstić information content (AvgIpc) is 3.36. The molecule has 140 valence electrons. The van der Waals surface area contributed by atoms with Gasteiger partial charge in [0, 0.05) is 18.9 Å². The standard InChI is InChI=1S/C22H18N2O4/c25-20(17-7-4-14-28-17)18-19(16-8-11-23-12-9-16)24(22(27)21(18)26)13-10-15-5-2-1-3-6-15/h1-9,11-12,14,19,26H,10,13H2. The maximum atomic E-state index is 13.0. The molecule has 1 aliphatic heterocycles. The molecule has 6 heteroatoms. The van der Waals surface area contributed by atoms with E-state index in [0.29, 0.717) is 18.5 Å². The molecule has 0 saturated heterocycles. The Balaban J connectivity index is 1.70. The summed E-state index contributed by atoms with van der Waals surface area (Å²) >= 11 is 0. The van der Waals surface area contributed by atoms with Gasteiger partial charge in [-0.25, -0.2) is 0 Å². The van der Waals surface area contributed by atoms with Gasteiger partial charge < -0.3 is 14.4 Å². The molecule has 3 heterocycles. The first-order valence-corrected chi connectivity index (χ1v) is 8.93. The lowest BCUT2D eigenvalue weighted by Gasteiger charge is -2.26. The number of furan rings is 1. The summed E-state index contributed by atoms with van der Waals surface area (Å²) in [5, 5.41) is 10.5. The Bertz CT molecular complexity index is 1010. The Hall–Kier alpha value is -3.67. The summed E-state index contributed by atoms with van der Waals surface area (Å²) in [6, 6.07) is 15.6. The predicted octanol–water partition coefficient (Wildman–Crippen LogP) is 3.50. The fraction of sp³-hybridized carbons (Fsp3) is 0.136. The maximum absolute atomic E-state index is 13.0. The van der Waals surface area contributed by atoms with Gasteiger partial charge in [0.2, 0.25) is 5.78 Å². The summed E-state index contributed by atoms with van der Waals surface area (Å²) < 4.78 is 5.20. The van der Waals surface area contributed by atoms with E-state index in [-0.39, 0.29) is 11.3 Å². The second-order valence-corrected chi connectivity index (χ2v) is 6.49. The molecule has 0 fully saturated rings. The number of rotatable bonds is 6. The number of hydrogen-bond donors (Lipinski definition) is 1. The van der Waals surface area contributed by atoms with Crippen LogP contribution in [-0.2, 0) is 11.2 Å². The van der Waals surface area contributed by atoms with Crippen LogP contribution in [0.25, 0.3) is 0 Å². The third-order valence-corrected chi connectivity index (χ3v) is 4.80. The van der Waals surface area contributed by atoms with E-state index >= 15 is 0 Å². The predicted molar refractivity (Wildman–Crippen MR) is 102 cm³/mol. The first kappa shape index (κ1) is 17.7. The summed E-state index contributed by atoms with van der Waals surface area (Å²) in [4.78, 5) is 31.3. The third-order valence-electron chi connectivity index (χ3n) is 4.80. The number of pyridine rings is 1.